The minimum Gasteiger partial charge on any atom is -0.490 e. The summed E-state index contributed by atoms with van der Waals surface area (Å²) in [6.45, 7) is 6.12. The Labute approximate surface area is 114 Å². The van der Waals surface area contributed by atoms with Crippen LogP contribution in [-0.4, -0.2) is 11.2 Å². The third kappa shape index (κ3) is 3.69. The Bertz CT molecular complexity index is 421. The van der Waals surface area contributed by atoms with Gasteiger partial charge in [0.15, 0.2) is 0 Å². The van der Waals surface area contributed by atoms with E-state index in [-0.39, 0.29) is 11.9 Å². The van der Waals surface area contributed by atoms with E-state index in [0.29, 0.717) is 23.1 Å². The fourth-order valence-corrected chi connectivity index (χ4v) is 3.10. The van der Waals surface area contributed by atoms with Crippen molar-refractivity contribution in [2.24, 2.45) is 11.8 Å². The molecule has 3 heteroatoms. The van der Waals surface area contributed by atoms with Crippen LogP contribution in [0.25, 0.3) is 0 Å². The second-order valence-corrected chi connectivity index (χ2v) is 6.02. The van der Waals surface area contributed by atoms with Crippen LogP contribution in [0, 0.1) is 17.7 Å². The zero-order chi connectivity index (χ0) is 14.0. The summed E-state index contributed by atoms with van der Waals surface area (Å²) in [5, 5.41) is 9.72. The summed E-state index contributed by atoms with van der Waals surface area (Å²) < 4.78 is 19.3. The van der Waals surface area contributed by atoms with E-state index in [0.717, 1.165) is 12.8 Å². The second kappa shape index (κ2) is 5.91. The first-order valence-corrected chi connectivity index (χ1v) is 7.10. The van der Waals surface area contributed by atoms with Crippen molar-refractivity contribution in [2.75, 3.05) is 0 Å². The summed E-state index contributed by atoms with van der Waals surface area (Å²) in [6, 6.07) is 4.37. The molecule has 106 valence electrons. The van der Waals surface area contributed by atoms with Crippen LogP contribution in [0.2, 0.25) is 0 Å². The maximum Gasteiger partial charge on any atom is 0.125 e. The molecule has 2 unspecified atom stereocenters. The van der Waals surface area contributed by atoms with Gasteiger partial charge in [0.25, 0.3) is 0 Å². The number of aliphatic hydroxyl groups excluding tert-OH is 1. The van der Waals surface area contributed by atoms with Crippen molar-refractivity contribution in [1.82, 2.24) is 0 Å². The summed E-state index contributed by atoms with van der Waals surface area (Å²) >= 11 is 0. The van der Waals surface area contributed by atoms with Gasteiger partial charge in [-0.05, 0) is 56.2 Å². The lowest BCUT2D eigenvalue weighted by atomic mass is 9.82. The van der Waals surface area contributed by atoms with Crippen LogP contribution in [0.1, 0.15) is 51.7 Å². The fraction of sp³-hybridized carbons (Fsp3) is 0.625. The van der Waals surface area contributed by atoms with E-state index in [1.807, 2.05) is 0 Å². The van der Waals surface area contributed by atoms with Gasteiger partial charge >= 0.3 is 0 Å². The number of hydrogen-bond donors (Lipinski definition) is 1. The van der Waals surface area contributed by atoms with Crippen LogP contribution in [-0.2, 0) is 0 Å². The number of aliphatic hydroxyl groups is 1. The minimum absolute atomic E-state index is 0.168. The highest BCUT2D eigenvalue weighted by molar-refractivity contribution is 5.35. The van der Waals surface area contributed by atoms with E-state index < -0.39 is 6.10 Å². The largest absolute Gasteiger partial charge is 0.490 e. The summed E-state index contributed by atoms with van der Waals surface area (Å²) in [5.41, 5.74) is 0.533. The molecule has 0 radical (unpaired) electrons. The van der Waals surface area contributed by atoms with Crippen molar-refractivity contribution < 1.29 is 14.2 Å². The summed E-state index contributed by atoms with van der Waals surface area (Å²) in [7, 11) is 0. The number of ether oxygens (including phenoxy) is 1. The lowest BCUT2D eigenvalue weighted by Gasteiger charge is -2.32. The maximum atomic E-state index is 13.2. The van der Waals surface area contributed by atoms with Crippen LogP contribution in [0.5, 0.6) is 5.75 Å². The predicted octanol–water partition coefficient (Wildman–Crippen LogP) is 4.08. The smallest absolute Gasteiger partial charge is 0.125 e. The first kappa shape index (κ1) is 14.3. The van der Waals surface area contributed by atoms with Gasteiger partial charge in [0.2, 0.25) is 0 Å². The van der Waals surface area contributed by atoms with E-state index in [1.54, 1.807) is 13.0 Å². The quantitative estimate of drug-likeness (QED) is 0.893. The average molecular weight is 266 g/mol. The normalized spacial score (nSPS) is 29.0. The highest BCUT2D eigenvalue weighted by atomic mass is 19.1. The standard InChI is InChI=1S/C16H23FO2/c1-10-6-11(2)8-14(7-10)19-16-5-4-13(17)9-15(16)12(3)18/h4-5,9-12,14,18H,6-8H2,1-3H3/t10?,11?,12-,14?/m0/s1. The molecule has 19 heavy (non-hydrogen) atoms. The van der Waals surface area contributed by atoms with E-state index in [2.05, 4.69) is 13.8 Å². The van der Waals surface area contributed by atoms with Crippen molar-refractivity contribution in [3.05, 3.63) is 29.6 Å². The van der Waals surface area contributed by atoms with Gasteiger partial charge in [-0.25, -0.2) is 4.39 Å². The molecular formula is C16H23FO2. The van der Waals surface area contributed by atoms with E-state index in [4.69, 9.17) is 4.74 Å². The van der Waals surface area contributed by atoms with Crippen LogP contribution in [0.4, 0.5) is 4.39 Å². The molecule has 1 aliphatic carbocycles. The first-order chi connectivity index (χ1) is 8.95. The highest BCUT2D eigenvalue weighted by Crippen LogP contribution is 2.34. The lowest BCUT2D eigenvalue weighted by Crippen LogP contribution is -2.28. The molecule has 0 aromatic heterocycles. The van der Waals surface area contributed by atoms with Crippen LogP contribution >= 0.6 is 0 Å². The molecule has 0 aliphatic heterocycles. The molecule has 1 aromatic carbocycles. The first-order valence-electron chi connectivity index (χ1n) is 7.10. The Morgan fingerprint density at radius 1 is 1.21 bits per heavy atom. The molecule has 0 bridgehead atoms. The number of hydrogen-bond acceptors (Lipinski definition) is 2. The van der Waals surface area contributed by atoms with Gasteiger partial charge in [0.1, 0.15) is 11.6 Å². The zero-order valence-electron chi connectivity index (χ0n) is 11.9. The summed E-state index contributed by atoms with van der Waals surface area (Å²) in [6.07, 6.45) is 2.75. The van der Waals surface area contributed by atoms with Crippen LogP contribution in [0.3, 0.4) is 0 Å². The van der Waals surface area contributed by atoms with Crippen molar-refractivity contribution in [3.8, 4) is 5.75 Å². The monoisotopic (exact) mass is 266 g/mol. The molecule has 1 saturated carbocycles. The Morgan fingerprint density at radius 3 is 2.42 bits per heavy atom. The molecular weight excluding hydrogens is 243 g/mol. The Hall–Kier alpha value is -1.09. The molecule has 0 amide bonds. The van der Waals surface area contributed by atoms with E-state index in [1.165, 1.54) is 18.6 Å². The van der Waals surface area contributed by atoms with Gasteiger partial charge in [0, 0.05) is 5.56 Å². The minimum atomic E-state index is -0.718. The van der Waals surface area contributed by atoms with Crippen molar-refractivity contribution in [3.63, 3.8) is 0 Å². The Morgan fingerprint density at radius 2 is 1.84 bits per heavy atom. The number of halogens is 1. The van der Waals surface area contributed by atoms with E-state index >= 15 is 0 Å². The van der Waals surface area contributed by atoms with Crippen LogP contribution in [0.15, 0.2) is 18.2 Å². The van der Waals surface area contributed by atoms with E-state index in [9.17, 15) is 9.50 Å². The third-order valence-corrected chi connectivity index (χ3v) is 3.85. The molecule has 1 aromatic rings. The molecule has 0 heterocycles. The molecule has 1 N–H and O–H groups in total. The van der Waals surface area contributed by atoms with Gasteiger partial charge in [-0.3, -0.25) is 0 Å². The van der Waals surface area contributed by atoms with Gasteiger partial charge < -0.3 is 9.84 Å². The molecule has 0 spiro atoms. The summed E-state index contributed by atoms with van der Waals surface area (Å²) in [5.74, 6) is 1.59. The SMILES string of the molecule is CC1CC(C)CC(Oc2ccc(F)cc2[C@H](C)O)C1. The molecule has 2 nitrogen and oxygen atoms in total. The lowest BCUT2D eigenvalue weighted by molar-refractivity contribution is 0.0958. The van der Waals surface area contributed by atoms with Gasteiger partial charge in [-0.1, -0.05) is 13.8 Å². The van der Waals surface area contributed by atoms with Crippen molar-refractivity contribution >= 4 is 0 Å². The third-order valence-electron chi connectivity index (χ3n) is 3.85. The molecule has 2 rings (SSSR count). The van der Waals surface area contributed by atoms with Crippen LogP contribution < -0.4 is 4.74 Å². The average Bonchev–Trinajstić information content (AvgIpc) is 2.30. The molecule has 3 atom stereocenters. The summed E-state index contributed by atoms with van der Waals surface area (Å²) in [4.78, 5) is 0. The Kier molecular flexibility index (Phi) is 4.46. The predicted molar refractivity (Wildman–Crippen MR) is 73.6 cm³/mol. The van der Waals surface area contributed by atoms with Crippen molar-refractivity contribution in [1.29, 1.82) is 0 Å². The zero-order valence-corrected chi connectivity index (χ0v) is 11.9. The van der Waals surface area contributed by atoms with Gasteiger partial charge in [0.05, 0.1) is 12.2 Å². The topological polar surface area (TPSA) is 29.5 Å². The van der Waals surface area contributed by atoms with Crippen molar-refractivity contribution in [2.45, 2.75) is 52.2 Å². The van der Waals surface area contributed by atoms with Gasteiger partial charge in [-0.15, -0.1) is 0 Å². The maximum absolute atomic E-state index is 13.2. The molecule has 1 fully saturated rings. The Balaban J connectivity index is 2.14. The highest BCUT2D eigenvalue weighted by Gasteiger charge is 2.26. The second-order valence-electron chi connectivity index (χ2n) is 6.02. The molecule has 1 aliphatic rings. The molecule has 0 saturated heterocycles. The number of benzene rings is 1. The number of rotatable bonds is 3. The fourth-order valence-electron chi connectivity index (χ4n) is 3.10. The van der Waals surface area contributed by atoms with Gasteiger partial charge in [-0.2, -0.15) is 0 Å².